The van der Waals surface area contributed by atoms with Crippen molar-refractivity contribution in [1.82, 2.24) is 4.90 Å². The maximum Gasteiger partial charge on any atom is 0.411 e. The Labute approximate surface area is 115 Å². The van der Waals surface area contributed by atoms with Crippen molar-refractivity contribution in [2.45, 2.75) is 25.4 Å². The highest BCUT2D eigenvalue weighted by molar-refractivity contribution is 5.78. The van der Waals surface area contributed by atoms with Crippen LogP contribution in [0.4, 0.5) is 13.2 Å². The second kappa shape index (κ2) is 7.47. The van der Waals surface area contributed by atoms with E-state index in [9.17, 15) is 22.8 Å². The summed E-state index contributed by atoms with van der Waals surface area (Å²) in [5.41, 5.74) is 0. The van der Waals surface area contributed by atoms with E-state index in [-0.39, 0.29) is 37.4 Å². The van der Waals surface area contributed by atoms with E-state index < -0.39 is 12.8 Å². The van der Waals surface area contributed by atoms with Gasteiger partial charge in [0.1, 0.15) is 6.61 Å². The molecule has 8 heteroatoms. The van der Waals surface area contributed by atoms with Gasteiger partial charge in [-0.1, -0.05) is 0 Å². The number of piperidine rings is 1. The van der Waals surface area contributed by atoms with Gasteiger partial charge in [-0.15, -0.1) is 0 Å². The van der Waals surface area contributed by atoms with Crippen molar-refractivity contribution in [3.63, 3.8) is 0 Å². The maximum atomic E-state index is 11.8. The van der Waals surface area contributed by atoms with Gasteiger partial charge in [0.15, 0.2) is 0 Å². The molecule has 1 saturated heterocycles. The summed E-state index contributed by atoms with van der Waals surface area (Å²) >= 11 is 0. The molecule has 0 radical (unpaired) electrons. The number of halogens is 3. The Morgan fingerprint density at radius 1 is 1.35 bits per heavy atom. The predicted molar refractivity (Wildman–Crippen MR) is 62.8 cm³/mol. The van der Waals surface area contributed by atoms with Gasteiger partial charge in [0.25, 0.3) is 0 Å². The van der Waals surface area contributed by atoms with Gasteiger partial charge in [-0.05, 0) is 12.8 Å². The molecule has 0 N–H and O–H groups in total. The largest absolute Gasteiger partial charge is 0.469 e. The highest BCUT2D eigenvalue weighted by Crippen LogP contribution is 2.18. The standard InChI is InChI=1S/C12H18F3NO4/c1-19-11(18)9-3-2-5-16(7-9)10(17)4-6-20-8-12(13,14)15/h9H,2-8H2,1H3/t9-/m0/s1. The van der Waals surface area contributed by atoms with Crippen LogP contribution in [-0.4, -0.2) is 56.4 Å². The smallest absolute Gasteiger partial charge is 0.411 e. The number of esters is 1. The van der Waals surface area contributed by atoms with Gasteiger partial charge in [-0.3, -0.25) is 9.59 Å². The van der Waals surface area contributed by atoms with Crippen molar-refractivity contribution in [2.24, 2.45) is 5.92 Å². The molecule has 1 heterocycles. The fourth-order valence-corrected chi connectivity index (χ4v) is 2.07. The minimum absolute atomic E-state index is 0.121. The van der Waals surface area contributed by atoms with Crippen LogP contribution in [0, 0.1) is 5.92 Å². The van der Waals surface area contributed by atoms with Crippen LogP contribution in [0.25, 0.3) is 0 Å². The number of carbonyl (C=O) groups is 2. The number of nitrogens with zero attached hydrogens (tertiary/aromatic N) is 1. The zero-order chi connectivity index (χ0) is 15.2. The topological polar surface area (TPSA) is 55.8 Å². The summed E-state index contributed by atoms with van der Waals surface area (Å²) < 4.78 is 44.5. The number of carbonyl (C=O) groups excluding carboxylic acids is 2. The second-order valence-electron chi connectivity index (χ2n) is 4.62. The Kier molecular flexibility index (Phi) is 6.25. The molecular weight excluding hydrogens is 279 g/mol. The van der Waals surface area contributed by atoms with Gasteiger partial charge >= 0.3 is 12.1 Å². The molecule has 1 aliphatic heterocycles. The van der Waals surface area contributed by atoms with E-state index in [1.54, 1.807) is 0 Å². The molecule has 1 amide bonds. The van der Waals surface area contributed by atoms with Gasteiger partial charge in [0.2, 0.25) is 5.91 Å². The van der Waals surface area contributed by atoms with Gasteiger partial charge in [-0.25, -0.2) is 0 Å². The number of alkyl halides is 3. The lowest BCUT2D eigenvalue weighted by Gasteiger charge is -2.31. The summed E-state index contributed by atoms with van der Waals surface area (Å²) in [6, 6.07) is 0. The van der Waals surface area contributed by atoms with Crippen molar-refractivity contribution in [1.29, 1.82) is 0 Å². The summed E-state index contributed by atoms with van der Waals surface area (Å²) in [7, 11) is 1.29. The number of rotatable bonds is 5. The molecule has 1 rings (SSSR count). The lowest BCUT2D eigenvalue weighted by atomic mass is 9.98. The van der Waals surface area contributed by atoms with Crippen LogP contribution in [0.15, 0.2) is 0 Å². The van der Waals surface area contributed by atoms with E-state index in [4.69, 9.17) is 0 Å². The van der Waals surface area contributed by atoms with Crippen LogP contribution < -0.4 is 0 Å². The van der Waals surface area contributed by atoms with E-state index in [2.05, 4.69) is 9.47 Å². The van der Waals surface area contributed by atoms with E-state index in [0.29, 0.717) is 19.4 Å². The minimum Gasteiger partial charge on any atom is -0.469 e. The Morgan fingerprint density at radius 2 is 2.05 bits per heavy atom. The van der Waals surface area contributed by atoms with Crippen LogP contribution in [0.5, 0.6) is 0 Å². The van der Waals surface area contributed by atoms with E-state index in [1.165, 1.54) is 12.0 Å². The summed E-state index contributed by atoms with van der Waals surface area (Å²) in [4.78, 5) is 24.7. The monoisotopic (exact) mass is 297 g/mol. The lowest BCUT2D eigenvalue weighted by Crippen LogP contribution is -2.43. The third-order valence-electron chi connectivity index (χ3n) is 3.03. The van der Waals surface area contributed by atoms with Gasteiger partial charge in [-0.2, -0.15) is 13.2 Å². The molecule has 0 saturated carbocycles. The number of likely N-dealkylation sites (tertiary alicyclic amines) is 1. The first kappa shape index (κ1) is 16.7. The van der Waals surface area contributed by atoms with E-state index >= 15 is 0 Å². The number of amides is 1. The normalized spacial score (nSPS) is 19.8. The molecule has 20 heavy (non-hydrogen) atoms. The zero-order valence-electron chi connectivity index (χ0n) is 11.2. The average Bonchev–Trinajstić information content (AvgIpc) is 2.41. The van der Waals surface area contributed by atoms with Crippen molar-refractivity contribution < 1.29 is 32.2 Å². The molecule has 116 valence electrons. The first-order valence-corrected chi connectivity index (χ1v) is 6.33. The molecular formula is C12H18F3NO4. The molecule has 5 nitrogen and oxygen atoms in total. The molecule has 0 spiro atoms. The van der Waals surface area contributed by atoms with Crippen molar-refractivity contribution in [3.8, 4) is 0 Å². The average molecular weight is 297 g/mol. The number of methoxy groups -OCH3 is 1. The molecule has 1 fully saturated rings. The highest BCUT2D eigenvalue weighted by Gasteiger charge is 2.30. The Bertz CT molecular complexity index is 346. The molecule has 0 bridgehead atoms. The third kappa shape index (κ3) is 5.77. The first-order chi connectivity index (χ1) is 9.33. The lowest BCUT2D eigenvalue weighted by molar-refractivity contribution is -0.175. The molecule has 1 atom stereocenters. The number of hydrogen-bond donors (Lipinski definition) is 0. The molecule has 0 aromatic carbocycles. The summed E-state index contributed by atoms with van der Waals surface area (Å²) in [6.45, 7) is -0.876. The zero-order valence-corrected chi connectivity index (χ0v) is 11.2. The van der Waals surface area contributed by atoms with Crippen LogP contribution >= 0.6 is 0 Å². The van der Waals surface area contributed by atoms with Crippen LogP contribution in [-0.2, 0) is 19.1 Å². The highest BCUT2D eigenvalue weighted by atomic mass is 19.4. The molecule has 0 aliphatic carbocycles. The summed E-state index contributed by atoms with van der Waals surface area (Å²) in [5.74, 6) is -1.02. The third-order valence-corrected chi connectivity index (χ3v) is 3.03. The van der Waals surface area contributed by atoms with E-state index in [0.717, 1.165) is 0 Å². The van der Waals surface area contributed by atoms with Gasteiger partial charge in [0, 0.05) is 13.1 Å². The quantitative estimate of drug-likeness (QED) is 0.568. The fourth-order valence-electron chi connectivity index (χ4n) is 2.07. The van der Waals surface area contributed by atoms with Crippen molar-refractivity contribution in [3.05, 3.63) is 0 Å². The second-order valence-corrected chi connectivity index (χ2v) is 4.62. The van der Waals surface area contributed by atoms with Crippen LogP contribution in [0.1, 0.15) is 19.3 Å². The van der Waals surface area contributed by atoms with Crippen molar-refractivity contribution >= 4 is 11.9 Å². The molecule has 0 unspecified atom stereocenters. The number of hydrogen-bond acceptors (Lipinski definition) is 4. The van der Waals surface area contributed by atoms with E-state index in [1.807, 2.05) is 0 Å². The van der Waals surface area contributed by atoms with Gasteiger partial charge in [0.05, 0.1) is 26.1 Å². The molecule has 1 aliphatic rings. The fraction of sp³-hybridized carbons (Fsp3) is 0.833. The summed E-state index contributed by atoms with van der Waals surface area (Å²) in [5, 5.41) is 0. The Hall–Kier alpha value is -1.31. The van der Waals surface area contributed by atoms with Crippen LogP contribution in [0.3, 0.4) is 0 Å². The summed E-state index contributed by atoms with van der Waals surface area (Å²) in [6.07, 6.45) is -3.18. The predicted octanol–water partition coefficient (Wildman–Crippen LogP) is 1.37. The Balaban J connectivity index is 2.30. The number of ether oxygens (including phenoxy) is 2. The van der Waals surface area contributed by atoms with Gasteiger partial charge < -0.3 is 14.4 Å². The minimum atomic E-state index is -4.38. The SMILES string of the molecule is COC(=O)[C@H]1CCCN(C(=O)CCOCC(F)(F)F)C1. The van der Waals surface area contributed by atoms with Crippen molar-refractivity contribution in [2.75, 3.05) is 33.4 Å². The van der Waals surface area contributed by atoms with Crippen LogP contribution in [0.2, 0.25) is 0 Å². The Morgan fingerprint density at radius 3 is 2.65 bits per heavy atom. The molecule has 0 aromatic rings. The maximum absolute atomic E-state index is 11.8. The molecule has 0 aromatic heterocycles. The first-order valence-electron chi connectivity index (χ1n) is 6.33.